The molecule has 0 saturated heterocycles. The van der Waals surface area contributed by atoms with Crippen molar-refractivity contribution in [1.29, 1.82) is 0 Å². The molecule has 0 heterocycles. The molecule has 1 rings (SSSR count). The van der Waals surface area contributed by atoms with Crippen LogP contribution in [0, 0.1) is 0 Å². The molecule has 0 aliphatic rings. The number of hydrogen-bond donors (Lipinski definition) is 1. The fourth-order valence-electron chi connectivity index (χ4n) is 1.12. The number of carbonyl (C=O) groups excluding carboxylic acids is 1. The Morgan fingerprint density at radius 3 is 2.69 bits per heavy atom. The minimum absolute atomic E-state index is 0.303. The maximum atomic E-state index is 10.5. The van der Waals surface area contributed by atoms with E-state index in [-0.39, 0.29) is 5.91 Å². The number of thioether (sulfide) groups is 1. The number of nitrogens with two attached hydrogens (primary N) is 1. The average Bonchev–Trinajstić information content (AvgIpc) is 2.29. The molecule has 0 aromatic heterocycles. The van der Waals surface area contributed by atoms with Crippen molar-refractivity contribution >= 4 is 17.7 Å². The highest BCUT2D eigenvalue weighted by molar-refractivity contribution is 7.99. The largest absolute Gasteiger partial charge is 0.493 e. The van der Waals surface area contributed by atoms with E-state index in [4.69, 9.17) is 15.2 Å². The topological polar surface area (TPSA) is 61.6 Å². The van der Waals surface area contributed by atoms with Gasteiger partial charge >= 0.3 is 0 Å². The third kappa shape index (κ3) is 4.44. The fourth-order valence-corrected chi connectivity index (χ4v) is 1.67. The van der Waals surface area contributed by atoms with E-state index in [0.29, 0.717) is 23.9 Å². The summed E-state index contributed by atoms with van der Waals surface area (Å²) in [5, 5.41) is 0. The van der Waals surface area contributed by atoms with Crippen molar-refractivity contribution in [3.63, 3.8) is 0 Å². The molecular formula is C11H15NO3S. The smallest absolute Gasteiger partial charge is 0.227 e. The number of hydrogen-bond acceptors (Lipinski definition) is 4. The van der Waals surface area contributed by atoms with Crippen LogP contribution >= 0.6 is 11.8 Å². The van der Waals surface area contributed by atoms with Crippen LogP contribution in [-0.2, 0) is 4.79 Å². The number of carbonyl (C=O) groups is 1. The van der Waals surface area contributed by atoms with Crippen molar-refractivity contribution < 1.29 is 14.3 Å². The van der Waals surface area contributed by atoms with Crippen LogP contribution in [0.2, 0.25) is 0 Å². The van der Waals surface area contributed by atoms with Crippen LogP contribution in [-0.4, -0.2) is 31.1 Å². The Hall–Kier alpha value is -1.36. The van der Waals surface area contributed by atoms with Crippen LogP contribution in [0.3, 0.4) is 0 Å². The molecule has 0 saturated carbocycles. The van der Waals surface area contributed by atoms with E-state index in [0.717, 1.165) is 5.75 Å². The van der Waals surface area contributed by atoms with Gasteiger partial charge in [-0.15, -0.1) is 11.8 Å². The number of amides is 1. The zero-order valence-electron chi connectivity index (χ0n) is 9.14. The van der Waals surface area contributed by atoms with Gasteiger partial charge in [0.1, 0.15) is 0 Å². The molecule has 1 aromatic carbocycles. The molecule has 16 heavy (non-hydrogen) atoms. The van der Waals surface area contributed by atoms with E-state index in [1.165, 1.54) is 11.8 Å². The Kier molecular flexibility index (Phi) is 5.56. The van der Waals surface area contributed by atoms with Crippen molar-refractivity contribution in [2.24, 2.45) is 5.73 Å². The van der Waals surface area contributed by atoms with Crippen LogP contribution < -0.4 is 15.2 Å². The zero-order chi connectivity index (χ0) is 11.8. The second-order valence-corrected chi connectivity index (χ2v) is 4.12. The molecule has 1 aromatic rings. The summed E-state index contributed by atoms with van der Waals surface area (Å²) in [5.74, 6) is 2.17. The number of primary amides is 1. The summed E-state index contributed by atoms with van der Waals surface area (Å²) >= 11 is 1.45. The monoisotopic (exact) mass is 241 g/mol. The molecule has 1 amide bonds. The Balaban J connectivity index is 2.28. The van der Waals surface area contributed by atoms with Gasteiger partial charge in [-0.25, -0.2) is 0 Å². The van der Waals surface area contributed by atoms with Crippen LogP contribution in [0.25, 0.3) is 0 Å². The molecule has 5 heteroatoms. The summed E-state index contributed by atoms with van der Waals surface area (Å²) in [6.45, 7) is 0.526. The van der Waals surface area contributed by atoms with E-state index < -0.39 is 0 Å². The molecule has 0 unspecified atom stereocenters. The number of para-hydroxylation sites is 2. The first kappa shape index (κ1) is 12.7. The average molecular weight is 241 g/mol. The molecule has 2 N–H and O–H groups in total. The summed E-state index contributed by atoms with van der Waals surface area (Å²) in [7, 11) is 1.60. The van der Waals surface area contributed by atoms with Crippen molar-refractivity contribution in [2.45, 2.75) is 0 Å². The first-order chi connectivity index (χ1) is 7.74. The summed E-state index contributed by atoms with van der Waals surface area (Å²) in [5.41, 5.74) is 5.01. The van der Waals surface area contributed by atoms with E-state index in [2.05, 4.69) is 0 Å². The van der Waals surface area contributed by atoms with Crippen LogP contribution in [0.1, 0.15) is 0 Å². The number of methoxy groups -OCH3 is 1. The molecule has 0 bridgehead atoms. The number of ether oxygens (including phenoxy) is 2. The SMILES string of the molecule is COc1ccccc1OCCSCC(N)=O. The molecular weight excluding hydrogens is 226 g/mol. The predicted molar refractivity (Wildman–Crippen MR) is 65.0 cm³/mol. The quantitative estimate of drug-likeness (QED) is 0.731. The highest BCUT2D eigenvalue weighted by Crippen LogP contribution is 2.25. The minimum atomic E-state index is -0.303. The highest BCUT2D eigenvalue weighted by atomic mass is 32.2. The molecule has 0 atom stereocenters. The first-order valence-corrected chi connectivity index (χ1v) is 6.01. The molecule has 0 radical (unpaired) electrons. The Bertz CT molecular complexity index is 344. The highest BCUT2D eigenvalue weighted by Gasteiger charge is 2.02. The fraction of sp³-hybridized carbons (Fsp3) is 0.364. The van der Waals surface area contributed by atoms with E-state index in [9.17, 15) is 4.79 Å². The van der Waals surface area contributed by atoms with Gasteiger partial charge in [0.15, 0.2) is 11.5 Å². The lowest BCUT2D eigenvalue weighted by molar-refractivity contribution is -0.115. The van der Waals surface area contributed by atoms with Crippen LogP contribution in [0.4, 0.5) is 0 Å². The maximum Gasteiger partial charge on any atom is 0.227 e. The minimum Gasteiger partial charge on any atom is -0.493 e. The van der Waals surface area contributed by atoms with Crippen molar-refractivity contribution in [3.05, 3.63) is 24.3 Å². The Morgan fingerprint density at radius 1 is 1.38 bits per heavy atom. The molecule has 0 aliphatic carbocycles. The van der Waals surface area contributed by atoms with Crippen LogP contribution in [0.5, 0.6) is 11.5 Å². The van der Waals surface area contributed by atoms with E-state index in [1.807, 2.05) is 24.3 Å². The van der Waals surface area contributed by atoms with Gasteiger partial charge in [0.25, 0.3) is 0 Å². The standard InChI is InChI=1S/C11H15NO3S/c1-14-9-4-2-3-5-10(9)15-6-7-16-8-11(12)13/h2-5H,6-8H2,1H3,(H2,12,13). The molecule has 0 fully saturated rings. The predicted octanol–water partition coefficient (Wildman–Crippen LogP) is 1.29. The lowest BCUT2D eigenvalue weighted by Crippen LogP contribution is -2.14. The second kappa shape index (κ2) is 7.00. The molecule has 0 aliphatic heterocycles. The number of rotatable bonds is 7. The van der Waals surface area contributed by atoms with Gasteiger partial charge in [-0.1, -0.05) is 12.1 Å². The van der Waals surface area contributed by atoms with Gasteiger partial charge in [0, 0.05) is 5.75 Å². The molecule has 0 spiro atoms. The first-order valence-electron chi connectivity index (χ1n) is 4.86. The maximum absolute atomic E-state index is 10.5. The van der Waals surface area contributed by atoms with Crippen molar-refractivity contribution in [3.8, 4) is 11.5 Å². The molecule has 4 nitrogen and oxygen atoms in total. The van der Waals surface area contributed by atoms with Crippen molar-refractivity contribution in [2.75, 3.05) is 25.2 Å². The third-order valence-electron chi connectivity index (χ3n) is 1.80. The van der Waals surface area contributed by atoms with Gasteiger partial charge in [0.2, 0.25) is 5.91 Å². The summed E-state index contributed by atoms with van der Waals surface area (Å²) < 4.78 is 10.6. The summed E-state index contributed by atoms with van der Waals surface area (Å²) in [6.07, 6.45) is 0. The summed E-state index contributed by atoms with van der Waals surface area (Å²) in [6, 6.07) is 7.45. The van der Waals surface area contributed by atoms with Gasteiger partial charge in [0.05, 0.1) is 19.5 Å². The lowest BCUT2D eigenvalue weighted by atomic mass is 10.3. The Labute approximate surface area is 99.1 Å². The van der Waals surface area contributed by atoms with E-state index >= 15 is 0 Å². The van der Waals surface area contributed by atoms with Crippen LogP contribution in [0.15, 0.2) is 24.3 Å². The normalized spacial score (nSPS) is 9.81. The zero-order valence-corrected chi connectivity index (χ0v) is 9.96. The van der Waals surface area contributed by atoms with Crippen molar-refractivity contribution in [1.82, 2.24) is 0 Å². The molecule has 88 valence electrons. The number of benzene rings is 1. The van der Waals surface area contributed by atoms with Gasteiger partial charge in [-0.05, 0) is 12.1 Å². The lowest BCUT2D eigenvalue weighted by Gasteiger charge is -2.09. The van der Waals surface area contributed by atoms with Gasteiger partial charge in [-0.3, -0.25) is 4.79 Å². The Morgan fingerprint density at radius 2 is 2.06 bits per heavy atom. The summed E-state index contributed by atoms with van der Waals surface area (Å²) in [4.78, 5) is 10.5. The van der Waals surface area contributed by atoms with Gasteiger partial charge < -0.3 is 15.2 Å². The third-order valence-corrected chi connectivity index (χ3v) is 2.74. The van der Waals surface area contributed by atoms with E-state index in [1.54, 1.807) is 7.11 Å². The second-order valence-electron chi connectivity index (χ2n) is 3.02. The van der Waals surface area contributed by atoms with Gasteiger partial charge in [-0.2, -0.15) is 0 Å².